The van der Waals surface area contributed by atoms with Crippen LogP contribution >= 0.6 is 12.6 Å². The highest BCUT2D eigenvalue weighted by molar-refractivity contribution is 7.80. The second-order valence-electron chi connectivity index (χ2n) is 2.90. The predicted molar refractivity (Wildman–Crippen MR) is 46.0 cm³/mol. The molecular formula is C7H14O3S. The van der Waals surface area contributed by atoms with Crippen molar-refractivity contribution in [1.82, 2.24) is 0 Å². The largest absolute Gasteiger partial charge is 0.481 e. The first-order valence-electron chi connectivity index (χ1n) is 3.53. The van der Waals surface area contributed by atoms with E-state index in [1.807, 2.05) is 0 Å². The fourth-order valence-electron chi connectivity index (χ4n) is 0.700. The molecule has 0 spiro atoms. The summed E-state index contributed by atoms with van der Waals surface area (Å²) < 4.78 is 0. The molecule has 1 unspecified atom stereocenters. The number of thiol groups is 1. The van der Waals surface area contributed by atoms with Crippen LogP contribution in [0.1, 0.15) is 26.2 Å². The van der Waals surface area contributed by atoms with Gasteiger partial charge in [0.1, 0.15) is 0 Å². The van der Waals surface area contributed by atoms with Gasteiger partial charge in [-0.25, -0.2) is 0 Å². The Morgan fingerprint density at radius 3 is 2.55 bits per heavy atom. The standard InChI is InChI=1S/C7H14O3S/c1-7(10,5-11)4-2-3-6(8)9/h10-11H,2-5H2,1H3,(H,8,9). The van der Waals surface area contributed by atoms with E-state index in [0.717, 1.165) is 0 Å². The molecule has 2 N–H and O–H groups in total. The summed E-state index contributed by atoms with van der Waals surface area (Å²) in [5, 5.41) is 17.6. The fourth-order valence-corrected chi connectivity index (χ4v) is 0.858. The molecule has 0 aliphatic heterocycles. The van der Waals surface area contributed by atoms with Gasteiger partial charge in [0.2, 0.25) is 0 Å². The number of carboxylic acid groups (broad SMARTS) is 1. The lowest BCUT2D eigenvalue weighted by molar-refractivity contribution is -0.137. The summed E-state index contributed by atoms with van der Waals surface area (Å²) in [4.78, 5) is 10.1. The molecule has 0 amide bonds. The molecule has 0 aromatic carbocycles. The lowest BCUT2D eigenvalue weighted by Crippen LogP contribution is -2.26. The van der Waals surface area contributed by atoms with Gasteiger partial charge >= 0.3 is 5.97 Å². The molecule has 0 aromatic heterocycles. The Morgan fingerprint density at radius 2 is 2.18 bits per heavy atom. The first-order chi connectivity index (χ1) is 4.98. The molecule has 3 nitrogen and oxygen atoms in total. The minimum Gasteiger partial charge on any atom is -0.481 e. The molecule has 0 rings (SSSR count). The summed E-state index contributed by atoms with van der Waals surface area (Å²) >= 11 is 3.93. The van der Waals surface area contributed by atoms with Gasteiger partial charge < -0.3 is 10.2 Å². The Morgan fingerprint density at radius 1 is 1.64 bits per heavy atom. The van der Waals surface area contributed by atoms with Crippen LogP contribution in [0, 0.1) is 0 Å². The van der Waals surface area contributed by atoms with Crippen molar-refractivity contribution in [1.29, 1.82) is 0 Å². The zero-order chi connectivity index (χ0) is 8.91. The van der Waals surface area contributed by atoms with Gasteiger partial charge in [-0.3, -0.25) is 4.79 Å². The minimum atomic E-state index is -0.821. The highest BCUT2D eigenvalue weighted by Gasteiger charge is 2.17. The van der Waals surface area contributed by atoms with Crippen LogP contribution in [0.2, 0.25) is 0 Å². The Kier molecular flexibility index (Phi) is 4.52. The lowest BCUT2D eigenvalue weighted by Gasteiger charge is -2.19. The average molecular weight is 178 g/mol. The molecule has 0 heterocycles. The van der Waals surface area contributed by atoms with Crippen LogP contribution < -0.4 is 0 Å². The molecule has 66 valence electrons. The number of carbonyl (C=O) groups is 1. The number of rotatable bonds is 5. The zero-order valence-corrected chi connectivity index (χ0v) is 7.47. The molecule has 0 aromatic rings. The quantitative estimate of drug-likeness (QED) is 0.549. The summed E-state index contributed by atoms with van der Waals surface area (Å²) in [5.41, 5.74) is -0.821. The maximum atomic E-state index is 10.1. The third-order valence-electron chi connectivity index (χ3n) is 1.45. The van der Waals surface area contributed by atoms with Crippen molar-refractivity contribution >= 4 is 18.6 Å². The van der Waals surface area contributed by atoms with Crippen LogP contribution in [-0.2, 0) is 4.79 Å². The molecule has 11 heavy (non-hydrogen) atoms. The SMILES string of the molecule is CC(O)(CS)CCCC(=O)O. The van der Waals surface area contributed by atoms with E-state index in [1.165, 1.54) is 0 Å². The average Bonchev–Trinajstić information content (AvgIpc) is 1.87. The summed E-state index contributed by atoms with van der Waals surface area (Å²) in [7, 11) is 0. The topological polar surface area (TPSA) is 57.5 Å². The number of aliphatic hydroxyl groups is 1. The van der Waals surface area contributed by atoms with Crippen molar-refractivity contribution in [3.8, 4) is 0 Å². The Balaban J connectivity index is 3.45. The Labute approximate surface area is 71.8 Å². The summed E-state index contributed by atoms with van der Waals surface area (Å²) in [6, 6.07) is 0. The first-order valence-corrected chi connectivity index (χ1v) is 4.16. The Bertz CT molecular complexity index is 134. The van der Waals surface area contributed by atoms with Crippen molar-refractivity contribution in [2.45, 2.75) is 31.8 Å². The number of aliphatic carboxylic acids is 1. The molecule has 1 atom stereocenters. The van der Waals surface area contributed by atoms with Gasteiger partial charge in [-0.1, -0.05) is 0 Å². The third-order valence-corrected chi connectivity index (χ3v) is 2.13. The van der Waals surface area contributed by atoms with Crippen molar-refractivity contribution in [3.05, 3.63) is 0 Å². The van der Waals surface area contributed by atoms with Gasteiger partial charge in [0, 0.05) is 12.2 Å². The molecule has 0 saturated carbocycles. The van der Waals surface area contributed by atoms with Crippen molar-refractivity contribution in [3.63, 3.8) is 0 Å². The van der Waals surface area contributed by atoms with E-state index >= 15 is 0 Å². The van der Waals surface area contributed by atoms with E-state index in [-0.39, 0.29) is 6.42 Å². The van der Waals surface area contributed by atoms with Gasteiger partial charge in [-0.05, 0) is 19.8 Å². The highest BCUT2D eigenvalue weighted by Crippen LogP contribution is 2.14. The monoisotopic (exact) mass is 178 g/mol. The molecule has 0 radical (unpaired) electrons. The van der Waals surface area contributed by atoms with Crippen molar-refractivity contribution in [2.24, 2.45) is 0 Å². The van der Waals surface area contributed by atoms with Crippen LogP contribution in [0.5, 0.6) is 0 Å². The van der Waals surface area contributed by atoms with E-state index in [1.54, 1.807) is 6.92 Å². The fraction of sp³-hybridized carbons (Fsp3) is 0.857. The molecular weight excluding hydrogens is 164 g/mol. The van der Waals surface area contributed by atoms with Gasteiger partial charge in [0.15, 0.2) is 0 Å². The highest BCUT2D eigenvalue weighted by atomic mass is 32.1. The van der Waals surface area contributed by atoms with E-state index in [9.17, 15) is 9.90 Å². The second-order valence-corrected chi connectivity index (χ2v) is 3.22. The van der Waals surface area contributed by atoms with Crippen molar-refractivity contribution < 1.29 is 15.0 Å². The van der Waals surface area contributed by atoms with E-state index in [2.05, 4.69) is 12.6 Å². The van der Waals surface area contributed by atoms with Crippen molar-refractivity contribution in [2.75, 3.05) is 5.75 Å². The smallest absolute Gasteiger partial charge is 0.303 e. The van der Waals surface area contributed by atoms with E-state index < -0.39 is 11.6 Å². The van der Waals surface area contributed by atoms with E-state index in [4.69, 9.17) is 5.11 Å². The molecule has 0 aliphatic rings. The van der Waals surface area contributed by atoms with Crippen LogP contribution in [0.4, 0.5) is 0 Å². The number of carboxylic acids is 1. The molecule has 0 fully saturated rings. The third kappa shape index (κ3) is 6.19. The molecule has 0 saturated heterocycles. The second kappa shape index (κ2) is 4.62. The predicted octanol–water partition coefficient (Wildman–Crippen LogP) is 0.922. The summed E-state index contributed by atoms with van der Waals surface area (Å²) in [6.07, 6.45) is 1.11. The molecule has 0 aliphatic carbocycles. The maximum Gasteiger partial charge on any atom is 0.303 e. The van der Waals surface area contributed by atoms with Crippen LogP contribution in [-0.4, -0.2) is 27.5 Å². The number of hydrogen-bond donors (Lipinski definition) is 3. The Hall–Kier alpha value is -0.220. The summed E-state index contributed by atoms with van der Waals surface area (Å²) in [5.74, 6) is -0.452. The van der Waals surface area contributed by atoms with Gasteiger partial charge in [-0.15, -0.1) is 0 Å². The van der Waals surface area contributed by atoms with Gasteiger partial charge in [-0.2, -0.15) is 12.6 Å². The molecule has 0 bridgehead atoms. The normalized spacial score (nSPS) is 15.9. The molecule has 4 heteroatoms. The van der Waals surface area contributed by atoms with Gasteiger partial charge in [0.05, 0.1) is 5.60 Å². The summed E-state index contributed by atoms with van der Waals surface area (Å²) in [6.45, 7) is 1.65. The first kappa shape index (κ1) is 10.8. The van der Waals surface area contributed by atoms with Gasteiger partial charge in [0.25, 0.3) is 0 Å². The zero-order valence-electron chi connectivity index (χ0n) is 6.58. The number of hydrogen-bond acceptors (Lipinski definition) is 3. The minimum absolute atomic E-state index is 0.115. The maximum absolute atomic E-state index is 10.1. The van der Waals surface area contributed by atoms with Crippen LogP contribution in [0.3, 0.4) is 0 Å². The van der Waals surface area contributed by atoms with Crippen LogP contribution in [0.15, 0.2) is 0 Å². The lowest BCUT2D eigenvalue weighted by atomic mass is 10.0. The van der Waals surface area contributed by atoms with E-state index in [0.29, 0.717) is 18.6 Å². The van der Waals surface area contributed by atoms with Crippen LogP contribution in [0.25, 0.3) is 0 Å².